The molecule has 0 radical (unpaired) electrons. The van der Waals surface area contributed by atoms with Crippen LogP contribution < -0.4 is 5.73 Å². The lowest BCUT2D eigenvalue weighted by Gasteiger charge is -2.11. The molecule has 0 bridgehead atoms. The number of benzene rings is 1. The SMILES string of the molecule is Nc1cnc(-c2cc(Cl)c3ncccc3c2)c(-n2cccc2)n1. The Labute approximate surface area is 137 Å². The number of hydrogen-bond acceptors (Lipinski definition) is 4. The molecule has 0 aliphatic carbocycles. The van der Waals surface area contributed by atoms with Gasteiger partial charge in [0, 0.05) is 29.5 Å². The maximum absolute atomic E-state index is 6.38. The number of anilines is 1. The number of nitrogen functional groups attached to an aromatic ring is 1. The summed E-state index contributed by atoms with van der Waals surface area (Å²) in [5.41, 5.74) is 8.16. The van der Waals surface area contributed by atoms with Gasteiger partial charge in [0.05, 0.1) is 16.7 Å². The van der Waals surface area contributed by atoms with Crippen LogP contribution >= 0.6 is 11.6 Å². The van der Waals surface area contributed by atoms with Gasteiger partial charge in [0.1, 0.15) is 11.5 Å². The van der Waals surface area contributed by atoms with Gasteiger partial charge >= 0.3 is 0 Å². The highest BCUT2D eigenvalue weighted by Crippen LogP contribution is 2.31. The number of pyridine rings is 1. The highest BCUT2D eigenvalue weighted by atomic mass is 35.5. The Morgan fingerprint density at radius 3 is 2.70 bits per heavy atom. The van der Waals surface area contributed by atoms with Gasteiger partial charge in [0.2, 0.25) is 0 Å². The van der Waals surface area contributed by atoms with Gasteiger partial charge in [-0.25, -0.2) is 9.97 Å². The van der Waals surface area contributed by atoms with E-state index in [0.717, 1.165) is 16.5 Å². The van der Waals surface area contributed by atoms with E-state index >= 15 is 0 Å². The maximum Gasteiger partial charge on any atom is 0.165 e. The van der Waals surface area contributed by atoms with Gasteiger partial charge in [0.15, 0.2) is 5.82 Å². The van der Waals surface area contributed by atoms with Gasteiger partial charge in [-0.05, 0) is 30.3 Å². The van der Waals surface area contributed by atoms with Crippen molar-refractivity contribution in [3.63, 3.8) is 0 Å². The predicted molar refractivity (Wildman–Crippen MR) is 91.5 cm³/mol. The average Bonchev–Trinajstić information content (AvgIpc) is 3.09. The molecular formula is C17H12ClN5. The third-order valence-corrected chi connectivity index (χ3v) is 3.84. The van der Waals surface area contributed by atoms with Crippen molar-refractivity contribution in [1.29, 1.82) is 0 Å². The normalized spacial score (nSPS) is 11.0. The van der Waals surface area contributed by atoms with E-state index < -0.39 is 0 Å². The van der Waals surface area contributed by atoms with Crippen LogP contribution in [0.4, 0.5) is 5.82 Å². The van der Waals surface area contributed by atoms with Crippen molar-refractivity contribution < 1.29 is 0 Å². The molecule has 23 heavy (non-hydrogen) atoms. The quantitative estimate of drug-likeness (QED) is 0.611. The van der Waals surface area contributed by atoms with Crippen LogP contribution in [0.25, 0.3) is 28.0 Å². The topological polar surface area (TPSA) is 69.6 Å². The molecule has 6 heteroatoms. The van der Waals surface area contributed by atoms with Crippen molar-refractivity contribution in [3.8, 4) is 17.1 Å². The molecule has 4 aromatic rings. The first-order chi connectivity index (χ1) is 11.2. The molecular weight excluding hydrogens is 310 g/mol. The van der Waals surface area contributed by atoms with Crippen LogP contribution in [0.5, 0.6) is 0 Å². The molecule has 3 heterocycles. The lowest BCUT2D eigenvalue weighted by atomic mass is 10.1. The summed E-state index contributed by atoms with van der Waals surface area (Å²) in [5.74, 6) is 1.03. The lowest BCUT2D eigenvalue weighted by Crippen LogP contribution is -2.03. The molecule has 0 saturated heterocycles. The summed E-state index contributed by atoms with van der Waals surface area (Å²) in [7, 11) is 0. The van der Waals surface area contributed by atoms with Gasteiger partial charge in [-0.1, -0.05) is 17.7 Å². The number of fused-ring (bicyclic) bond motifs is 1. The van der Waals surface area contributed by atoms with E-state index in [1.807, 2.05) is 53.4 Å². The van der Waals surface area contributed by atoms with Crippen molar-refractivity contribution in [2.45, 2.75) is 0 Å². The van der Waals surface area contributed by atoms with Crippen LogP contribution in [0.2, 0.25) is 5.02 Å². The highest BCUT2D eigenvalue weighted by Gasteiger charge is 2.13. The smallest absolute Gasteiger partial charge is 0.165 e. The standard InChI is InChI=1S/C17H12ClN5/c18-13-9-12(8-11-4-3-5-20-15(11)13)16-17(22-14(19)10-21-16)23-6-1-2-7-23/h1-10H,(H2,19,22). The Bertz CT molecular complexity index is 995. The minimum atomic E-state index is 0.367. The van der Waals surface area contributed by atoms with Gasteiger partial charge < -0.3 is 10.3 Å². The van der Waals surface area contributed by atoms with E-state index in [1.165, 1.54) is 0 Å². The van der Waals surface area contributed by atoms with Crippen molar-refractivity contribution in [1.82, 2.24) is 19.5 Å². The number of halogens is 1. The van der Waals surface area contributed by atoms with Crippen molar-refractivity contribution in [2.24, 2.45) is 0 Å². The van der Waals surface area contributed by atoms with Crippen LogP contribution in [-0.4, -0.2) is 19.5 Å². The van der Waals surface area contributed by atoms with Crippen LogP contribution in [0.3, 0.4) is 0 Å². The zero-order chi connectivity index (χ0) is 15.8. The van der Waals surface area contributed by atoms with Gasteiger partial charge in [-0.15, -0.1) is 0 Å². The minimum Gasteiger partial charge on any atom is -0.382 e. The fraction of sp³-hybridized carbons (Fsp3) is 0. The molecule has 4 rings (SSSR count). The number of nitrogens with two attached hydrogens (primary N) is 1. The largest absolute Gasteiger partial charge is 0.382 e. The first-order valence-electron chi connectivity index (χ1n) is 7.03. The third kappa shape index (κ3) is 2.41. The number of nitrogens with zero attached hydrogens (tertiary/aromatic N) is 4. The van der Waals surface area contributed by atoms with E-state index in [0.29, 0.717) is 22.4 Å². The third-order valence-electron chi connectivity index (χ3n) is 3.55. The Balaban J connectivity index is 1.98. The number of rotatable bonds is 2. The van der Waals surface area contributed by atoms with Crippen molar-refractivity contribution >= 4 is 28.3 Å². The first kappa shape index (κ1) is 13.7. The fourth-order valence-electron chi connectivity index (χ4n) is 2.54. The van der Waals surface area contributed by atoms with E-state index in [4.69, 9.17) is 17.3 Å². The van der Waals surface area contributed by atoms with Crippen molar-refractivity contribution in [3.05, 3.63) is 66.2 Å². The molecule has 0 spiro atoms. The molecule has 5 nitrogen and oxygen atoms in total. The Kier molecular flexibility index (Phi) is 3.20. The molecule has 0 saturated carbocycles. The molecule has 0 unspecified atom stereocenters. The molecule has 0 amide bonds. The number of hydrogen-bond donors (Lipinski definition) is 1. The molecule has 3 aromatic heterocycles. The lowest BCUT2D eigenvalue weighted by molar-refractivity contribution is 0.993. The second-order valence-electron chi connectivity index (χ2n) is 5.09. The van der Waals surface area contributed by atoms with Gasteiger partial charge in [-0.2, -0.15) is 0 Å². The number of aromatic nitrogens is 4. The molecule has 0 aliphatic rings. The molecule has 0 fully saturated rings. The van der Waals surface area contributed by atoms with Gasteiger partial charge in [0.25, 0.3) is 0 Å². The molecule has 2 N–H and O–H groups in total. The summed E-state index contributed by atoms with van der Waals surface area (Å²) in [5, 5.41) is 1.53. The molecule has 0 aliphatic heterocycles. The average molecular weight is 322 g/mol. The van der Waals surface area contributed by atoms with E-state index in [2.05, 4.69) is 15.0 Å². The Morgan fingerprint density at radius 1 is 1.04 bits per heavy atom. The second-order valence-corrected chi connectivity index (χ2v) is 5.50. The molecule has 1 aromatic carbocycles. The van der Waals surface area contributed by atoms with E-state index in [9.17, 15) is 0 Å². The van der Waals surface area contributed by atoms with E-state index in [1.54, 1.807) is 12.4 Å². The monoisotopic (exact) mass is 321 g/mol. The minimum absolute atomic E-state index is 0.367. The predicted octanol–water partition coefficient (Wildman–Crippen LogP) is 3.72. The van der Waals surface area contributed by atoms with E-state index in [-0.39, 0.29) is 0 Å². The van der Waals surface area contributed by atoms with Crippen LogP contribution in [0.1, 0.15) is 0 Å². The summed E-state index contributed by atoms with van der Waals surface area (Å²) in [4.78, 5) is 13.2. The highest BCUT2D eigenvalue weighted by molar-refractivity contribution is 6.35. The summed E-state index contributed by atoms with van der Waals surface area (Å²) in [6.07, 6.45) is 7.07. The van der Waals surface area contributed by atoms with Crippen molar-refractivity contribution in [2.75, 3.05) is 5.73 Å². The summed E-state index contributed by atoms with van der Waals surface area (Å²) >= 11 is 6.38. The maximum atomic E-state index is 6.38. The summed E-state index contributed by atoms with van der Waals surface area (Å²) < 4.78 is 1.88. The fourth-order valence-corrected chi connectivity index (χ4v) is 2.81. The molecule has 0 atom stereocenters. The first-order valence-corrected chi connectivity index (χ1v) is 7.41. The Morgan fingerprint density at radius 2 is 1.87 bits per heavy atom. The van der Waals surface area contributed by atoms with Gasteiger partial charge in [-0.3, -0.25) is 4.98 Å². The Hall–Kier alpha value is -2.92. The second kappa shape index (κ2) is 5.37. The zero-order valence-electron chi connectivity index (χ0n) is 12.0. The van der Waals surface area contributed by atoms with Crippen LogP contribution in [0.15, 0.2) is 61.2 Å². The van der Waals surface area contributed by atoms with Crippen LogP contribution in [0, 0.1) is 0 Å². The zero-order valence-corrected chi connectivity index (χ0v) is 12.8. The molecule has 112 valence electrons. The summed E-state index contributed by atoms with van der Waals surface area (Å²) in [6.45, 7) is 0. The van der Waals surface area contributed by atoms with Crippen LogP contribution in [-0.2, 0) is 0 Å². The summed E-state index contributed by atoms with van der Waals surface area (Å²) in [6, 6.07) is 11.5.